The molecule has 0 unspecified atom stereocenters. The van der Waals surface area contributed by atoms with Crippen molar-refractivity contribution in [3.05, 3.63) is 70.1 Å². The van der Waals surface area contributed by atoms with Crippen LogP contribution in [0.5, 0.6) is 0 Å². The average Bonchev–Trinajstić information content (AvgIpc) is 3.16. The molecule has 1 aliphatic rings. The molecule has 1 saturated heterocycles. The fourth-order valence-electron chi connectivity index (χ4n) is 2.33. The monoisotopic (exact) mass is 375 g/mol. The highest BCUT2D eigenvalue weighted by atomic mass is 32.2. The lowest BCUT2D eigenvalue weighted by Crippen LogP contribution is -2.44. The predicted octanol–water partition coefficient (Wildman–Crippen LogP) is 1.79. The lowest BCUT2D eigenvalue weighted by molar-refractivity contribution is -0.122. The van der Waals surface area contributed by atoms with Gasteiger partial charge in [0.25, 0.3) is 17.4 Å². The highest BCUT2D eigenvalue weighted by Crippen LogP contribution is 2.45. The lowest BCUT2D eigenvalue weighted by Gasteiger charge is -2.10. The molecule has 1 aliphatic heterocycles. The molecule has 130 valence electrons. The minimum absolute atomic E-state index is 0.158. The second-order valence-electron chi connectivity index (χ2n) is 5.36. The van der Waals surface area contributed by atoms with Crippen LogP contribution in [0.15, 0.2) is 53.5 Å². The van der Waals surface area contributed by atoms with Crippen LogP contribution in [-0.2, 0) is 11.3 Å². The number of carbonyl (C=O) groups excluding carboxylic acids is 2. The predicted molar refractivity (Wildman–Crippen MR) is 100 cm³/mol. The Morgan fingerprint density at radius 1 is 1.04 bits per heavy atom. The number of aromatic nitrogens is 1. The summed E-state index contributed by atoms with van der Waals surface area (Å²) >= 11 is 3.81. The zero-order valence-electron chi connectivity index (χ0n) is 13.3. The molecule has 25 heavy (non-hydrogen) atoms. The molecule has 0 radical (unpaired) electrons. The van der Waals surface area contributed by atoms with Gasteiger partial charge in [0.05, 0.1) is 4.58 Å². The van der Waals surface area contributed by atoms with Crippen LogP contribution in [0.3, 0.4) is 0 Å². The first kappa shape index (κ1) is 17.6. The number of pyridine rings is 1. The van der Waals surface area contributed by atoms with Crippen molar-refractivity contribution < 1.29 is 9.59 Å². The number of hydrazine groups is 1. The summed E-state index contributed by atoms with van der Waals surface area (Å²) in [6, 6.07) is 12.0. The van der Waals surface area contributed by atoms with E-state index in [1.165, 1.54) is 22.4 Å². The maximum Gasteiger partial charge on any atom is 0.269 e. The molecule has 0 aliphatic carbocycles. The van der Waals surface area contributed by atoms with Gasteiger partial charge in [0.2, 0.25) is 0 Å². The smallest absolute Gasteiger partial charge is 0.269 e. The van der Waals surface area contributed by atoms with Crippen LogP contribution in [0, 0.1) is 0 Å². The lowest BCUT2D eigenvalue weighted by atomic mass is 10.1. The molecule has 0 atom stereocenters. The summed E-state index contributed by atoms with van der Waals surface area (Å²) < 4.78 is 1.69. The number of hydrogen-bond donors (Lipinski definition) is 2. The fraction of sp³-hybridized carbons (Fsp3) is 0.235. The molecule has 6 nitrogen and oxygen atoms in total. The minimum Gasteiger partial charge on any atom is -0.306 e. The first-order chi connectivity index (χ1) is 12.1. The van der Waals surface area contributed by atoms with Gasteiger partial charge in [0.1, 0.15) is 6.54 Å². The van der Waals surface area contributed by atoms with Crippen LogP contribution in [0.25, 0.3) is 0 Å². The number of thioether (sulfide) groups is 2. The Balaban J connectivity index is 1.52. The van der Waals surface area contributed by atoms with Crippen LogP contribution in [0.4, 0.5) is 0 Å². The summed E-state index contributed by atoms with van der Waals surface area (Å²) in [4.78, 5) is 35.5. The molecule has 0 saturated carbocycles. The molecule has 1 fully saturated rings. The van der Waals surface area contributed by atoms with Crippen LogP contribution in [-0.4, -0.2) is 27.9 Å². The molecule has 0 bridgehead atoms. The third-order valence-electron chi connectivity index (χ3n) is 3.60. The van der Waals surface area contributed by atoms with Gasteiger partial charge >= 0.3 is 0 Å². The maximum atomic E-state index is 12.1. The number of amides is 2. The van der Waals surface area contributed by atoms with Gasteiger partial charge in [-0.25, -0.2) is 0 Å². The normalized spacial score (nSPS) is 14.2. The summed E-state index contributed by atoms with van der Waals surface area (Å²) in [5.74, 6) is 1.42. The van der Waals surface area contributed by atoms with Crippen molar-refractivity contribution in [3.8, 4) is 0 Å². The standard InChI is InChI=1S/C17H17N3O3S2/c21-14(11-20-8-2-1-3-15(20)22)18-19-16(23)12-4-6-13(7-5-12)17-24-9-10-25-17/h1-8,17H,9-11H2,(H,18,21)(H,19,23). The Morgan fingerprint density at radius 3 is 2.44 bits per heavy atom. The largest absolute Gasteiger partial charge is 0.306 e. The van der Waals surface area contributed by atoms with E-state index >= 15 is 0 Å². The molecule has 2 N–H and O–H groups in total. The first-order valence-electron chi connectivity index (χ1n) is 7.71. The van der Waals surface area contributed by atoms with E-state index in [4.69, 9.17) is 0 Å². The van der Waals surface area contributed by atoms with E-state index in [0.717, 1.165) is 11.5 Å². The molecule has 2 heterocycles. The summed E-state index contributed by atoms with van der Waals surface area (Å²) in [6.07, 6.45) is 1.52. The summed E-state index contributed by atoms with van der Waals surface area (Å²) in [7, 11) is 0. The van der Waals surface area contributed by atoms with Gasteiger partial charge in [-0.05, 0) is 23.8 Å². The summed E-state index contributed by atoms with van der Waals surface area (Å²) in [5.41, 5.74) is 6.07. The SMILES string of the molecule is O=C(Cn1ccccc1=O)NNC(=O)c1ccc(C2SCCS2)cc1. The van der Waals surface area contributed by atoms with E-state index in [-0.39, 0.29) is 12.1 Å². The molecule has 2 amide bonds. The van der Waals surface area contributed by atoms with Crippen molar-refractivity contribution in [1.29, 1.82) is 0 Å². The van der Waals surface area contributed by atoms with Gasteiger partial charge < -0.3 is 4.57 Å². The van der Waals surface area contributed by atoms with E-state index in [1.54, 1.807) is 24.3 Å². The van der Waals surface area contributed by atoms with Crippen molar-refractivity contribution >= 4 is 35.3 Å². The number of benzene rings is 1. The highest BCUT2D eigenvalue weighted by Gasteiger charge is 2.18. The number of nitrogens with one attached hydrogen (secondary N) is 2. The number of carbonyl (C=O) groups is 2. The zero-order chi connectivity index (χ0) is 17.6. The zero-order valence-corrected chi connectivity index (χ0v) is 14.9. The minimum atomic E-state index is -0.475. The third kappa shape index (κ3) is 4.67. The Morgan fingerprint density at radius 2 is 1.76 bits per heavy atom. The van der Waals surface area contributed by atoms with Gasteiger partial charge in [-0.15, -0.1) is 23.5 Å². The van der Waals surface area contributed by atoms with Gasteiger partial charge in [-0.1, -0.05) is 18.2 Å². The van der Waals surface area contributed by atoms with E-state index in [2.05, 4.69) is 10.9 Å². The first-order valence-corrected chi connectivity index (χ1v) is 9.81. The molecule has 3 rings (SSSR count). The number of nitrogens with zero attached hydrogens (tertiary/aromatic N) is 1. The number of hydrogen-bond acceptors (Lipinski definition) is 5. The maximum absolute atomic E-state index is 12.1. The third-order valence-corrected chi connectivity index (χ3v) is 6.70. The van der Waals surface area contributed by atoms with Crippen molar-refractivity contribution in [2.24, 2.45) is 0 Å². The molecule has 2 aromatic rings. The van der Waals surface area contributed by atoms with Crippen LogP contribution >= 0.6 is 23.5 Å². The molecule has 0 spiro atoms. The van der Waals surface area contributed by atoms with Crippen molar-refractivity contribution in [1.82, 2.24) is 15.4 Å². The molecule has 1 aromatic heterocycles. The second-order valence-corrected chi connectivity index (χ2v) is 8.09. The van der Waals surface area contributed by atoms with E-state index in [9.17, 15) is 14.4 Å². The Kier molecular flexibility index (Phi) is 5.83. The highest BCUT2D eigenvalue weighted by molar-refractivity contribution is 8.19. The van der Waals surface area contributed by atoms with Gasteiger partial charge in [0, 0.05) is 29.3 Å². The second kappa shape index (κ2) is 8.26. The Labute approximate surface area is 153 Å². The van der Waals surface area contributed by atoms with Gasteiger partial charge in [-0.2, -0.15) is 0 Å². The fourth-order valence-corrected chi connectivity index (χ4v) is 5.19. The van der Waals surface area contributed by atoms with Crippen molar-refractivity contribution in [2.75, 3.05) is 11.5 Å². The number of rotatable bonds is 4. The van der Waals surface area contributed by atoms with Crippen molar-refractivity contribution in [2.45, 2.75) is 11.1 Å². The average molecular weight is 375 g/mol. The molecule has 8 heteroatoms. The quantitative estimate of drug-likeness (QED) is 0.797. The van der Waals surface area contributed by atoms with E-state index < -0.39 is 11.8 Å². The van der Waals surface area contributed by atoms with Crippen LogP contribution in [0.2, 0.25) is 0 Å². The van der Waals surface area contributed by atoms with Crippen LogP contribution < -0.4 is 16.4 Å². The Hall–Kier alpha value is -2.19. The topological polar surface area (TPSA) is 80.2 Å². The summed E-state index contributed by atoms with van der Waals surface area (Å²) in [5, 5.41) is 0. The van der Waals surface area contributed by atoms with E-state index in [1.807, 2.05) is 35.7 Å². The molecule has 1 aromatic carbocycles. The molecular weight excluding hydrogens is 358 g/mol. The van der Waals surface area contributed by atoms with Crippen molar-refractivity contribution in [3.63, 3.8) is 0 Å². The summed E-state index contributed by atoms with van der Waals surface area (Å²) in [6.45, 7) is -0.158. The Bertz CT molecular complexity index is 814. The molecular formula is C17H17N3O3S2. The van der Waals surface area contributed by atoms with Crippen LogP contribution in [0.1, 0.15) is 20.5 Å². The van der Waals surface area contributed by atoms with E-state index in [0.29, 0.717) is 10.1 Å². The van der Waals surface area contributed by atoms with Gasteiger partial charge in [0.15, 0.2) is 0 Å². The van der Waals surface area contributed by atoms with Gasteiger partial charge in [-0.3, -0.25) is 25.2 Å².